The van der Waals surface area contributed by atoms with Crippen LogP contribution in [0.1, 0.15) is 54.9 Å². The highest BCUT2D eigenvalue weighted by Gasteiger charge is 2.56. The Kier molecular flexibility index (Phi) is 7.27. The number of nitrogens with zero attached hydrogens (tertiary/aromatic N) is 1. The molecule has 1 heterocycles. The zero-order valence-electron chi connectivity index (χ0n) is 19.0. The van der Waals surface area contributed by atoms with Crippen LogP contribution in [-0.2, 0) is 16.0 Å². The Hall–Kier alpha value is -2.42. The Morgan fingerprint density at radius 1 is 1.14 bits per heavy atom. The van der Waals surface area contributed by atoms with E-state index < -0.39 is 22.8 Å². The summed E-state index contributed by atoms with van der Waals surface area (Å²) in [6, 6.07) is 6.92. The third-order valence-corrected chi connectivity index (χ3v) is 8.29. The number of halogens is 3. The molecule has 1 amide bonds. The van der Waals surface area contributed by atoms with Crippen LogP contribution >= 0.6 is 39.1 Å². The van der Waals surface area contributed by atoms with Gasteiger partial charge in [0.25, 0.3) is 5.91 Å². The van der Waals surface area contributed by atoms with E-state index in [0.717, 1.165) is 31.2 Å². The van der Waals surface area contributed by atoms with Gasteiger partial charge in [-0.25, -0.2) is 4.79 Å². The molecule has 1 fully saturated rings. The molecule has 2 aliphatic rings. The third-order valence-electron chi connectivity index (χ3n) is 6.96. The SMILES string of the molecule is CC[C@@](Cc1ccc(NC(=O)c2c(Cl)cncc2Cl)cc1)(NC1=C(Br)C(=O)C12CCCC2)C(=O)O. The fourth-order valence-corrected chi connectivity index (χ4v) is 6.26. The topological polar surface area (TPSA) is 108 Å². The van der Waals surface area contributed by atoms with E-state index in [1.54, 1.807) is 24.3 Å². The van der Waals surface area contributed by atoms with E-state index in [1.807, 2.05) is 6.92 Å². The second kappa shape index (κ2) is 9.91. The number of hydrogen-bond acceptors (Lipinski definition) is 5. The molecule has 35 heavy (non-hydrogen) atoms. The van der Waals surface area contributed by atoms with Crippen molar-refractivity contribution < 1.29 is 19.5 Å². The number of rotatable bonds is 8. The molecule has 3 N–H and O–H groups in total. The maximum absolute atomic E-state index is 12.6. The first kappa shape index (κ1) is 25.7. The molecule has 0 radical (unpaired) electrons. The normalized spacial score (nSPS) is 18.2. The van der Waals surface area contributed by atoms with Crippen molar-refractivity contribution >= 4 is 62.5 Å². The maximum Gasteiger partial charge on any atom is 0.329 e. The number of aromatic nitrogens is 1. The minimum atomic E-state index is -1.28. The van der Waals surface area contributed by atoms with Crippen LogP contribution in [0.3, 0.4) is 0 Å². The standard InChI is InChI=1S/C25H24BrCl2N3O4/c1-2-25(23(34)35,31-20-19(26)21(32)24(20)9-3-4-10-24)11-14-5-7-15(8-6-14)30-22(33)18-16(27)12-29-13-17(18)28/h5-8,12-13,31H,2-4,9-11H2,1H3,(H,30,33)(H,34,35)/t25-/m0/s1. The van der Waals surface area contributed by atoms with Gasteiger partial charge in [0.2, 0.25) is 0 Å². The molecule has 1 aromatic carbocycles. The minimum Gasteiger partial charge on any atom is -0.479 e. The number of ketones is 1. The lowest BCUT2D eigenvalue weighted by atomic mass is 9.68. The largest absolute Gasteiger partial charge is 0.479 e. The number of hydrogen-bond donors (Lipinski definition) is 3. The molecule has 1 aromatic heterocycles. The van der Waals surface area contributed by atoms with Crippen LogP contribution < -0.4 is 10.6 Å². The van der Waals surface area contributed by atoms with Crippen LogP contribution in [-0.4, -0.2) is 33.3 Å². The van der Waals surface area contributed by atoms with Crippen LogP contribution in [0.15, 0.2) is 46.8 Å². The monoisotopic (exact) mass is 579 g/mol. The summed E-state index contributed by atoms with van der Waals surface area (Å²) in [5.74, 6) is -1.40. The molecule has 2 aromatic rings. The second-order valence-corrected chi connectivity index (χ2v) is 10.6. The third kappa shape index (κ3) is 4.59. The molecule has 1 atom stereocenters. The van der Waals surface area contributed by atoms with E-state index in [2.05, 4.69) is 31.5 Å². The van der Waals surface area contributed by atoms with E-state index in [9.17, 15) is 19.5 Å². The molecule has 0 aliphatic heterocycles. The van der Waals surface area contributed by atoms with E-state index in [1.165, 1.54) is 12.4 Å². The average Bonchev–Trinajstić information content (AvgIpc) is 3.34. The highest BCUT2D eigenvalue weighted by molar-refractivity contribution is 9.12. The molecule has 7 nitrogen and oxygen atoms in total. The number of carbonyl (C=O) groups is 3. The zero-order chi connectivity index (χ0) is 25.4. The van der Waals surface area contributed by atoms with Crippen molar-refractivity contribution in [3.05, 3.63) is 68.0 Å². The van der Waals surface area contributed by atoms with E-state index in [4.69, 9.17) is 23.2 Å². The number of carboxylic acids is 1. The minimum absolute atomic E-state index is 0.0578. The molecule has 0 unspecified atom stereocenters. The number of carboxylic acid groups (broad SMARTS) is 1. The molecule has 0 bridgehead atoms. The maximum atomic E-state index is 12.6. The Morgan fingerprint density at radius 2 is 1.74 bits per heavy atom. The number of benzene rings is 1. The van der Waals surface area contributed by atoms with Gasteiger partial charge in [-0.15, -0.1) is 0 Å². The predicted octanol–water partition coefficient (Wildman–Crippen LogP) is 5.76. The van der Waals surface area contributed by atoms with Gasteiger partial charge in [-0.05, 0) is 52.9 Å². The molecule has 2 aliphatic carbocycles. The molecular formula is C25H24BrCl2N3O4. The fourth-order valence-electron chi connectivity index (χ4n) is 4.87. The molecule has 184 valence electrons. The zero-order valence-corrected chi connectivity index (χ0v) is 22.1. The van der Waals surface area contributed by atoms with Crippen molar-refractivity contribution in [3.63, 3.8) is 0 Å². The Morgan fingerprint density at radius 3 is 2.29 bits per heavy atom. The number of carbonyl (C=O) groups excluding carboxylic acids is 2. The smallest absolute Gasteiger partial charge is 0.329 e. The Bertz CT molecular complexity index is 1210. The number of aliphatic carboxylic acids is 1. The van der Waals surface area contributed by atoms with Gasteiger partial charge in [0.05, 0.1) is 25.5 Å². The lowest BCUT2D eigenvalue weighted by Gasteiger charge is -2.44. The summed E-state index contributed by atoms with van der Waals surface area (Å²) < 4.78 is 0.449. The number of allylic oxidation sites excluding steroid dienone is 2. The van der Waals surface area contributed by atoms with Gasteiger partial charge in [-0.3, -0.25) is 14.6 Å². The van der Waals surface area contributed by atoms with Gasteiger partial charge in [-0.1, -0.05) is 55.1 Å². The van der Waals surface area contributed by atoms with Crippen LogP contribution in [0, 0.1) is 5.41 Å². The summed E-state index contributed by atoms with van der Waals surface area (Å²) in [5.41, 5.74) is 0.239. The van der Waals surface area contributed by atoms with Crippen molar-refractivity contribution in [1.82, 2.24) is 10.3 Å². The second-order valence-electron chi connectivity index (χ2n) is 8.98. The molecule has 0 saturated heterocycles. The van der Waals surface area contributed by atoms with E-state index in [0.29, 0.717) is 22.3 Å². The summed E-state index contributed by atoms with van der Waals surface area (Å²) in [5, 5.41) is 16.5. The van der Waals surface area contributed by atoms with E-state index in [-0.39, 0.29) is 27.8 Å². The van der Waals surface area contributed by atoms with Crippen molar-refractivity contribution in [2.75, 3.05) is 5.32 Å². The lowest BCUT2D eigenvalue weighted by Crippen LogP contribution is -2.59. The van der Waals surface area contributed by atoms with Crippen LogP contribution in [0.2, 0.25) is 10.0 Å². The number of amides is 1. The molecule has 1 saturated carbocycles. The number of anilines is 1. The summed E-state index contributed by atoms with van der Waals surface area (Å²) >= 11 is 15.5. The van der Waals surface area contributed by atoms with Crippen molar-refractivity contribution in [2.45, 2.75) is 51.0 Å². The van der Waals surface area contributed by atoms with Crippen LogP contribution in [0.5, 0.6) is 0 Å². The highest BCUT2D eigenvalue weighted by Crippen LogP contribution is 2.55. The van der Waals surface area contributed by atoms with Gasteiger partial charge in [0.15, 0.2) is 5.78 Å². The van der Waals surface area contributed by atoms with Crippen LogP contribution in [0.25, 0.3) is 0 Å². The van der Waals surface area contributed by atoms with Gasteiger partial charge in [-0.2, -0.15) is 0 Å². The van der Waals surface area contributed by atoms with Crippen molar-refractivity contribution in [2.24, 2.45) is 5.41 Å². The predicted molar refractivity (Wildman–Crippen MR) is 138 cm³/mol. The Labute approximate surface area is 221 Å². The number of pyridine rings is 1. The molecule has 4 rings (SSSR count). The quantitative estimate of drug-likeness (QED) is 0.366. The van der Waals surface area contributed by atoms with Gasteiger partial charge in [0.1, 0.15) is 5.54 Å². The summed E-state index contributed by atoms with van der Waals surface area (Å²) in [6.45, 7) is 1.81. The van der Waals surface area contributed by atoms with Crippen LogP contribution in [0.4, 0.5) is 5.69 Å². The fraction of sp³-hybridized carbons (Fsp3) is 0.360. The van der Waals surface area contributed by atoms with Gasteiger partial charge >= 0.3 is 5.97 Å². The van der Waals surface area contributed by atoms with Crippen molar-refractivity contribution in [1.29, 1.82) is 0 Å². The summed E-state index contributed by atoms with van der Waals surface area (Å²) in [6.07, 6.45) is 6.57. The van der Waals surface area contributed by atoms with E-state index >= 15 is 0 Å². The molecule has 1 spiro atoms. The average molecular weight is 581 g/mol. The highest BCUT2D eigenvalue weighted by atomic mass is 79.9. The first-order chi connectivity index (χ1) is 16.6. The lowest BCUT2D eigenvalue weighted by molar-refractivity contribution is -0.145. The number of nitrogens with one attached hydrogen (secondary N) is 2. The molecular weight excluding hydrogens is 557 g/mol. The first-order valence-electron chi connectivity index (χ1n) is 11.3. The Balaban J connectivity index is 1.53. The summed E-state index contributed by atoms with van der Waals surface area (Å²) in [7, 11) is 0. The molecule has 10 heteroatoms. The van der Waals surface area contributed by atoms with Crippen molar-refractivity contribution in [3.8, 4) is 0 Å². The number of Topliss-reactive ketones (excluding diaryl/α,β-unsaturated/α-hetero) is 1. The van der Waals surface area contributed by atoms with Gasteiger partial charge < -0.3 is 15.7 Å². The van der Waals surface area contributed by atoms with Gasteiger partial charge in [0, 0.05) is 30.2 Å². The summed E-state index contributed by atoms with van der Waals surface area (Å²) in [4.78, 5) is 41.6. The first-order valence-corrected chi connectivity index (χ1v) is 12.8.